The van der Waals surface area contributed by atoms with Crippen LogP contribution in [0, 0.1) is 5.92 Å². The third kappa shape index (κ3) is 2.93. The summed E-state index contributed by atoms with van der Waals surface area (Å²) in [5.41, 5.74) is 1.46. The van der Waals surface area contributed by atoms with Crippen LogP contribution < -0.4 is 10.2 Å². The van der Waals surface area contributed by atoms with Gasteiger partial charge in [0, 0.05) is 40.4 Å². The first-order chi connectivity index (χ1) is 16.7. The molecule has 8 heteroatoms. The van der Waals surface area contributed by atoms with E-state index in [9.17, 15) is 14.7 Å². The fraction of sp³-hybridized carbons (Fsp3) is 0.333. The van der Waals surface area contributed by atoms with Gasteiger partial charge in [-0.3, -0.25) is 14.5 Å². The Kier molecular flexibility index (Phi) is 4.77. The second-order valence-corrected chi connectivity index (χ2v) is 14.1. The van der Waals surface area contributed by atoms with Crippen molar-refractivity contribution in [2.75, 3.05) is 16.8 Å². The van der Waals surface area contributed by atoms with E-state index in [0.29, 0.717) is 22.5 Å². The van der Waals surface area contributed by atoms with Crippen molar-refractivity contribution in [3.63, 3.8) is 0 Å². The van der Waals surface area contributed by atoms with Gasteiger partial charge in [-0.25, -0.2) is 0 Å². The van der Waals surface area contributed by atoms with Gasteiger partial charge in [-0.05, 0) is 55.2 Å². The zero-order chi connectivity index (χ0) is 24.7. The number of hydrogen-bond donors (Lipinski definition) is 2. The quantitative estimate of drug-likeness (QED) is 0.387. The molecule has 1 fully saturated rings. The normalized spacial score (nSPS) is 27.2. The van der Waals surface area contributed by atoms with Crippen LogP contribution in [0.1, 0.15) is 29.3 Å². The molecule has 6 nitrogen and oxygen atoms in total. The number of amides is 2. The maximum atomic E-state index is 15.5. The fourth-order valence-electron chi connectivity index (χ4n) is 6.56. The number of aliphatic hydroxyl groups excluding tert-OH is 1. The summed E-state index contributed by atoms with van der Waals surface area (Å²) in [6, 6.07) is 16.9. The number of carbonyl (C=O) groups is 2. The van der Waals surface area contributed by atoms with Crippen molar-refractivity contribution in [2.24, 2.45) is 5.92 Å². The van der Waals surface area contributed by atoms with E-state index >= 15 is 4.11 Å². The van der Waals surface area contributed by atoms with Gasteiger partial charge in [0.1, 0.15) is 0 Å². The molecule has 0 aliphatic carbocycles. The molecule has 0 aromatic heterocycles. The average molecular weight is 491 g/mol. The number of fused-ring (bicyclic) bond motifs is 2. The first-order valence-electron chi connectivity index (χ1n) is 12.0. The number of halogens is 1. The first-order valence-corrected chi connectivity index (χ1v) is 14.9. The molecule has 2 amide bonds. The molecule has 1 saturated heterocycles. The van der Waals surface area contributed by atoms with Gasteiger partial charge in [0.2, 0.25) is 8.41 Å². The molecule has 3 aliphatic rings. The minimum absolute atomic E-state index is 0.128. The van der Waals surface area contributed by atoms with E-state index in [2.05, 4.69) is 5.32 Å². The lowest BCUT2D eigenvalue weighted by Crippen LogP contribution is -2.42. The number of ether oxygens (including phenoxy) is 1. The lowest BCUT2D eigenvalue weighted by molar-refractivity contribution is -0.143. The van der Waals surface area contributed by atoms with Crippen LogP contribution in [0.3, 0.4) is 0 Å². The van der Waals surface area contributed by atoms with Gasteiger partial charge in [-0.15, -0.1) is 0 Å². The Hall–Kier alpha value is -3.07. The SMILES string of the molecule is C[C@H]1[C@H]([Si](C)(C)F)[C@@H](CCO)O[C@]12C(=O)Nc1ccc(N3C(=O)c4cccc5cccc3c45)cc12. The predicted octanol–water partition coefficient (Wildman–Crippen LogP) is 5.24. The minimum Gasteiger partial charge on any atom is -0.396 e. The Bertz CT molecular complexity index is 1400. The Morgan fingerprint density at radius 3 is 2.60 bits per heavy atom. The standard InChI is InChI=1S/C27H27FN2O4Si/c1-15-24(35(2,3)28)22(12-13-31)34-27(15)19-14-17(10-11-20(19)29-26(27)33)30-21-9-5-7-16-6-4-8-18(23(16)21)25(30)32/h4-11,14-15,22,24,31H,12-13H2,1-3H3,(H,29,33)/t15-,22+,24-,27+/m0/s1. The predicted molar refractivity (Wildman–Crippen MR) is 135 cm³/mol. The fourth-order valence-corrected chi connectivity index (χ4v) is 9.11. The van der Waals surface area contributed by atoms with Crippen LogP contribution in [0.5, 0.6) is 0 Å². The van der Waals surface area contributed by atoms with Crippen LogP contribution in [0.4, 0.5) is 21.2 Å². The molecule has 3 aromatic carbocycles. The van der Waals surface area contributed by atoms with Crippen LogP contribution in [-0.4, -0.2) is 38.0 Å². The van der Waals surface area contributed by atoms with Crippen molar-refractivity contribution in [3.8, 4) is 0 Å². The number of hydrogen-bond acceptors (Lipinski definition) is 4. The summed E-state index contributed by atoms with van der Waals surface area (Å²) in [7, 11) is -3.24. The summed E-state index contributed by atoms with van der Waals surface area (Å²) in [4.78, 5) is 28.6. The second-order valence-electron chi connectivity index (χ2n) is 10.3. The Morgan fingerprint density at radius 1 is 1.14 bits per heavy atom. The van der Waals surface area contributed by atoms with Crippen LogP contribution in [0.25, 0.3) is 10.8 Å². The van der Waals surface area contributed by atoms with E-state index in [1.807, 2.05) is 55.5 Å². The molecule has 0 unspecified atom stereocenters. The van der Waals surface area contributed by atoms with Crippen LogP contribution >= 0.6 is 0 Å². The van der Waals surface area contributed by atoms with E-state index in [1.165, 1.54) is 0 Å². The summed E-state index contributed by atoms with van der Waals surface area (Å²) in [5, 5.41) is 14.5. The number of rotatable bonds is 4. The van der Waals surface area contributed by atoms with Gasteiger partial charge in [0.05, 0.1) is 17.4 Å². The van der Waals surface area contributed by atoms with Gasteiger partial charge in [0.25, 0.3) is 11.8 Å². The monoisotopic (exact) mass is 490 g/mol. The number of nitrogens with one attached hydrogen (secondary N) is 1. The van der Waals surface area contributed by atoms with Crippen LogP contribution in [0.2, 0.25) is 18.6 Å². The Morgan fingerprint density at radius 2 is 1.89 bits per heavy atom. The zero-order valence-electron chi connectivity index (χ0n) is 19.8. The van der Waals surface area contributed by atoms with Gasteiger partial charge in [0.15, 0.2) is 5.60 Å². The molecule has 2 N–H and O–H groups in total. The minimum atomic E-state index is -3.24. The molecule has 3 aliphatic heterocycles. The first kappa shape index (κ1) is 22.4. The number of aliphatic hydroxyl groups is 1. The van der Waals surface area contributed by atoms with Crippen molar-refractivity contribution in [1.82, 2.24) is 0 Å². The molecular formula is C27H27FN2O4Si. The molecule has 180 valence electrons. The topological polar surface area (TPSA) is 78.9 Å². The second kappa shape index (κ2) is 7.46. The van der Waals surface area contributed by atoms with Crippen LogP contribution in [0.15, 0.2) is 54.6 Å². The highest BCUT2D eigenvalue weighted by Crippen LogP contribution is 2.59. The van der Waals surface area contributed by atoms with E-state index < -0.39 is 31.6 Å². The maximum absolute atomic E-state index is 15.5. The van der Waals surface area contributed by atoms with E-state index in [0.717, 1.165) is 16.5 Å². The van der Waals surface area contributed by atoms with Crippen LogP contribution in [-0.2, 0) is 15.1 Å². The van der Waals surface area contributed by atoms with E-state index in [4.69, 9.17) is 4.74 Å². The molecule has 0 bridgehead atoms. The number of nitrogens with zero attached hydrogens (tertiary/aromatic N) is 1. The van der Waals surface area contributed by atoms with Gasteiger partial charge < -0.3 is 19.3 Å². The molecule has 4 atom stereocenters. The van der Waals surface area contributed by atoms with Crippen molar-refractivity contribution in [2.45, 2.75) is 43.7 Å². The van der Waals surface area contributed by atoms with Gasteiger partial charge in [-0.2, -0.15) is 0 Å². The summed E-state index contributed by atoms with van der Waals surface area (Å²) in [5.74, 6) is -0.882. The lowest BCUT2D eigenvalue weighted by atomic mass is 9.82. The molecule has 0 saturated carbocycles. The van der Waals surface area contributed by atoms with E-state index in [1.54, 1.807) is 24.1 Å². The molecule has 3 aromatic rings. The van der Waals surface area contributed by atoms with Crippen molar-refractivity contribution >= 4 is 48.1 Å². The number of carbonyl (C=O) groups excluding carboxylic acids is 2. The highest BCUT2D eigenvalue weighted by atomic mass is 28.4. The van der Waals surface area contributed by atoms with Gasteiger partial charge in [-0.1, -0.05) is 31.2 Å². The summed E-state index contributed by atoms with van der Waals surface area (Å²) in [6.07, 6.45) is -0.296. The highest BCUT2D eigenvalue weighted by molar-refractivity contribution is 6.72. The van der Waals surface area contributed by atoms with Crippen molar-refractivity contribution in [3.05, 3.63) is 65.7 Å². The smallest absolute Gasteiger partial charge is 0.263 e. The zero-order valence-corrected chi connectivity index (χ0v) is 20.8. The molecule has 3 heterocycles. The Balaban J connectivity index is 1.49. The molecule has 35 heavy (non-hydrogen) atoms. The lowest BCUT2D eigenvalue weighted by Gasteiger charge is -2.31. The molecular weight excluding hydrogens is 463 g/mol. The van der Waals surface area contributed by atoms with Gasteiger partial charge >= 0.3 is 0 Å². The molecule has 1 spiro atoms. The summed E-state index contributed by atoms with van der Waals surface area (Å²) >= 11 is 0. The summed E-state index contributed by atoms with van der Waals surface area (Å²) in [6.45, 7) is 4.99. The number of anilines is 3. The summed E-state index contributed by atoms with van der Waals surface area (Å²) < 4.78 is 21.9. The van der Waals surface area contributed by atoms with Crippen molar-refractivity contribution < 1.29 is 23.5 Å². The van der Waals surface area contributed by atoms with Crippen molar-refractivity contribution in [1.29, 1.82) is 0 Å². The Labute approximate surface area is 203 Å². The average Bonchev–Trinajstić information content (AvgIpc) is 3.38. The largest absolute Gasteiger partial charge is 0.396 e. The number of benzene rings is 3. The third-order valence-corrected chi connectivity index (χ3v) is 10.4. The maximum Gasteiger partial charge on any atom is 0.263 e. The highest BCUT2D eigenvalue weighted by Gasteiger charge is 2.65. The third-order valence-electron chi connectivity index (χ3n) is 7.93. The van der Waals surface area contributed by atoms with E-state index in [-0.39, 0.29) is 24.8 Å². The molecule has 0 radical (unpaired) electrons. The molecule has 6 rings (SSSR count).